The zero-order chi connectivity index (χ0) is 14.1. The Morgan fingerprint density at radius 2 is 2.35 bits per heavy atom. The highest BCUT2D eigenvalue weighted by Gasteiger charge is 2.42. The van der Waals surface area contributed by atoms with E-state index in [-0.39, 0.29) is 18.5 Å². The number of amides is 1. The van der Waals surface area contributed by atoms with Crippen LogP contribution in [0.2, 0.25) is 0 Å². The van der Waals surface area contributed by atoms with Gasteiger partial charge < -0.3 is 15.7 Å². The standard InChI is InChI=1S/C13H18N4O3/c18-11(19)7-17-6-9(5-15-17)16-13(20)12-10-3-1-2-8(10)4-14-12/h5-6,8,10,12,14H,1-4,7H2,(H,16,20)(H,18,19). The normalized spacial score (nSPS) is 28.3. The zero-order valence-corrected chi connectivity index (χ0v) is 11.1. The molecule has 3 rings (SSSR count). The lowest BCUT2D eigenvalue weighted by Crippen LogP contribution is -2.39. The van der Waals surface area contributed by atoms with E-state index in [1.165, 1.54) is 29.9 Å². The molecule has 1 saturated carbocycles. The lowest BCUT2D eigenvalue weighted by Gasteiger charge is -2.16. The zero-order valence-electron chi connectivity index (χ0n) is 11.1. The summed E-state index contributed by atoms with van der Waals surface area (Å²) >= 11 is 0. The third-order valence-electron chi connectivity index (χ3n) is 4.23. The maximum absolute atomic E-state index is 12.3. The van der Waals surface area contributed by atoms with Crippen LogP contribution in [0.1, 0.15) is 19.3 Å². The number of anilines is 1. The predicted molar refractivity (Wildman–Crippen MR) is 71.1 cm³/mol. The van der Waals surface area contributed by atoms with Gasteiger partial charge in [0.1, 0.15) is 6.54 Å². The number of aliphatic carboxylic acids is 1. The number of fused-ring (bicyclic) bond motifs is 1. The van der Waals surface area contributed by atoms with E-state index < -0.39 is 5.97 Å². The van der Waals surface area contributed by atoms with Crippen LogP contribution < -0.4 is 10.6 Å². The van der Waals surface area contributed by atoms with Gasteiger partial charge >= 0.3 is 5.97 Å². The van der Waals surface area contributed by atoms with Gasteiger partial charge in [-0.1, -0.05) is 6.42 Å². The Balaban J connectivity index is 1.61. The maximum atomic E-state index is 12.3. The highest BCUT2D eigenvalue weighted by atomic mass is 16.4. The van der Waals surface area contributed by atoms with E-state index in [0.29, 0.717) is 17.5 Å². The SMILES string of the molecule is O=C(O)Cn1cc(NC(=O)C2NCC3CCCC32)cn1. The van der Waals surface area contributed by atoms with Crippen molar-refractivity contribution < 1.29 is 14.7 Å². The van der Waals surface area contributed by atoms with E-state index in [1.807, 2.05) is 0 Å². The van der Waals surface area contributed by atoms with Crippen LogP contribution >= 0.6 is 0 Å². The summed E-state index contributed by atoms with van der Waals surface area (Å²) in [6, 6.07) is -0.134. The molecule has 1 aromatic rings. The Morgan fingerprint density at radius 3 is 3.15 bits per heavy atom. The second kappa shape index (κ2) is 5.24. The maximum Gasteiger partial charge on any atom is 0.325 e. The molecule has 7 nitrogen and oxygen atoms in total. The van der Waals surface area contributed by atoms with Crippen LogP contribution in [0, 0.1) is 11.8 Å². The van der Waals surface area contributed by atoms with E-state index in [1.54, 1.807) is 0 Å². The van der Waals surface area contributed by atoms with Gasteiger partial charge in [-0.15, -0.1) is 0 Å². The molecule has 1 saturated heterocycles. The van der Waals surface area contributed by atoms with E-state index in [2.05, 4.69) is 15.7 Å². The van der Waals surface area contributed by atoms with Crippen molar-refractivity contribution in [3.63, 3.8) is 0 Å². The minimum atomic E-state index is -0.961. The summed E-state index contributed by atoms with van der Waals surface area (Å²) in [6.45, 7) is 0.712. The van der Waals surface area contributed by atoms with Crippen molar-refractivity contribution in [2.75, 3.05) is 11.9 Å². The lowest BCUT2D eigenvalue weighted by molar-refractivity contribution is -0.137. The van der Waals surface area contributed by atoms with Crippen LogP contribution in [-0.4, -0.2) is 39.4 Å². The second-order valence-corrected chi connectivity index (χ2v) is 5.55. The van der Waals surface area contributed by atoms with Gasteiger partial charge in [0.25, 0.3) is 0 Å². The summed E-state index contributed by atoms with van der Waals surface area (Å²) in [7, 11) is 0. The molecule has 3 atom stereocenters. The summed E-state index contributed by atoms with van der Waals surface area (Å²) in [6.07, 6.45) is 6.53. The number of carboxylic acids is 1. The molecule has 20 heavy (non-hydrogen) atoms. The van der Waals surface area contributed by atoms with Gasteiger partial charge in [-0.05, 0) is 31.2 Å². The first-order valence-corrected chi connectivity index (χ1v) is 6.92. The Hall–Kier alpha value is -1.89. The molecule has 1 aliphatic carbocycles. The van der Waals surface area contributed by atoms with Gasteiger partial charge in [-0.3, -0.25) is 14.3 Å². The first kappa shape index (κ1) is 13.1. The van der Waals surface area contributed by atoms with Crippen molar-refractivity contribution in [1.29, 1.82) is 0 Å². The number of aromatic nitrogens is 2. The summed E-state index contributed by atoms with van der Waals surface area (Å²) in [5, 5.41) is 18.7. The molecular formula is C13H18N4O3. The monoisotopic (exact) mass is 278 g/mol. The van der Waals surface area contributed by atoms with Crippen LogP contribution in [0.5, 0.6) is 0 Å². The third kappa shape index (κ3) is 2.53. The molecule has 0 bridgehead atoms. The van der Waals surface area contributed by atoms with Gasteiger partial charge in [-0.2, -0.15) is 5.10 Å². The fourth-order valence-corrected chi connectivity index (χ4v) is 3.35. The van der Waals surface area contributed by atoms with Crippen molar-refractivity contribution in [2.24, 2.45) is 11.8 Å². The molecule has 2 aliphatic rings. The summed E-state index contributed by atoms with van der Waals surface area (Å²) in [5.41, 5.74) is 0.541. The molecule has 2 fully saturated rings. The van der Waals surface area contributed by atoms with E-state index >= 15 is 0 Å². The minimum Gasteiger partial charge on any atom is -0.480 e. The number of carbonyl (C=O) groups is 2. The Morgan fingerprint density at radius 1 is 1.50 bits per heavy atom. The molecular weight excluding hydrogens is 260 g/mol. The van der Waals surface area contributed by atoms with Crippen molar-refractivity contribution in [2.45, 2.75) is 31.8 Å². The molecule has 2 heterocycles. The number of nitrogens with zero attached hydrogens (tertiary/aromatic N) is 2. The van der Waals surface area contributed by atoms with E-state index in [9.17, 15) is 9.59 Å². The molecule has 0 spiro atoms. The summed E-state index contributed by atoms with van der Waals surface area (Å²) in [4.78, 5) is 22.8. The highest BCUT2D eigenvalue weighted by molar-refractivity contribution is 5.95. The van der Waals surface area contributed by atoms with Crippen molar-refractivity contribution in [3.05, 3.63) is 12.4 Å². The molecule has 0 radical (unpaired) electrons. The van der Waals surface area contributed by atoms with Gasteiger partial charge in [-0.25, -0.2) is 0 Å². The molecule has 0 aromatic carbocycles. The quantitative estimate of drug-likeness (QED) is 0.736. The molecule has 1 aromatic heterocycles. The number of hydrogen-bond acceptors (Lipinski definition) is 4. The third-order valence-corrected chi connectivity index (χ3v) is 4.23. The molecule has 1 amide bonds. The van der Waals surface area contributed by atoms with Gasteiger partial charge in [0.05, 0.1) is 17.9 Å². The smallest absolute Gasteiger partial charge is 0.325 e. The summed E-state index contributed by atoms with van der Waals surface area (Å²) < 4.78 is 1.29. The summed E-state index contributed by atoms with van der Waals surface area (Å²) in [5.74, 6) is 0.0519. The number of hydrogen-bond donors (Lipinski definition) is 3. The van der Waals surface area contributed by atoms with E-state index in [4.69, 9.17) is 5.11 Å². The van der Waals surface area contributed by atoms with Crippen LogP contribution in [0.15, 0.2) is 12.4 Å². The lowest BCUT2D eigenvalue weighted by atomic mass is 9.93. The van der Waals surface area contributed by atoms with Gasteiger partial charge in [0.2, 0.25) is 5.91 Å². The molecule has 3 unspecified atom stereocenters. The molecule has 108 valence electrons. The van der Waals surface area contributed by atoms with Gasteiger partial charge in [0, 0.05) is 6.20 Å². The number of nitrogens with one attached hydrogen (secondary N) is 2. The Kier molecular flexibility index (Phi) is 3.43. The van der Waals surface area contributed by atoms with Crippen LogP contribution in [-0.2, 0) is 16.1 Å². The Labute approximate surface area is 116 Å². The fourth-order valence-electron chi connectivity index (χ4n) is 3.35. The number of carboxylic acid groups (broad SMARTS) is 1. The Bertz CT molecular complexity index is 527. The first-order chi connectivity index (χ1) is 9.63. The molecule has 7 heteroatoms. The van der Waals surface area contributed by atoms with Gasteiger partial charge in [0.15, 0.2) is 0 Å². The second-order valence-electron chi connectivity index (χ2n) is 5.55. The highest BCUT2D eigenvalue weighted by Crippen LogP contribution is 2.37. The van der Waals surface area contributed by atoms with E-state index in [0.717, 1.165) is 13.0 Å². The van der Waals surface area contributed by atoms with Crippen LogP contribution in [0.4, 0.5) is 5.69 Å². The first-order valence-electron chi connectivity index (χ1n) is 6.92. The topological polar surface area (TPSA) is 96.2 Å². The largest absolute Gasteiger partial charge is 0.480 e. The molecule has 3 N–H and O–H groups in total. The van der Waals surface area contributed by atoms with Crippen molar-refractivity contribution in [1.82, 2.24) is 15.1 Å². The number of rotatable bonds is 4. The van der Waals surface area contributed by atoms with Crippen molar-refractivity contribution in [3.8, 4) is 0 Å². The van der Waals surface area contributed by atoms with Crippen LogP contribution in [0.3, 0.4) is 0 Å². The minimum absolute atomic E-state index is 0.0470. The number of carbonyl (C=O) groups excluding carboxylic acids is 1. The van der Waals surface area contributed by atoms with Crippen LogP contribution in [0.25, 0.3) is 0 Å². The average molecular weight is 278 g/mol. The van der Waals surface area contributed by atoms with Crippen molar-refractivity contribution >= 4 is 17.6 Å². The fraction of sp³-hybridized carbons (Fsp3) is 0.615. The average Bonchev–Trinajstić information content (AvgIpc) is 3.03. The predicted octanol–water partition coefficient (Wildman–Crippen LogP) is 0.294. The molecule has 1 aliphatic heterocycles.